The van der Waals surface area contributed by atoms with Gasteiger partial charge in [0.1, 0.15) is 11.5 Å². The van der Waals surface area contributed by atoms with E-state index in [4.69, 9.17) is 15.2 Å². The van der Waals surface area contributed by atoms with Crippen molar-refractivity contribution in [3.8, 4) is 17.2 Å². The normalized spacial score (nSPS) is 12.0. The molecular formula is C20H23Br2NO5. The molecule has 1 atom stereocenters. The molecule has 2 aromatic carbocycles. The summed E-state index contributed by atoms with van der Waals surface area (Å²) in [7, 11) is 2.83. The van der Waals surface area contributed by atoms with Gasteiger partial charge >= 0.3 is 5.97 Å². The average Bonchev–Trinajstić information content (AvgIpc) is 2.63. The molecule has 0 amide bonds. The zero-order chi connectivity index (χ0) is 21.0. The largest absolute Gasteiger partial charge is 0.494 e. The maximum Gasteiger partial charge on any atom is 0.335 e. The van der Waals surface area contributed by atoms with Gasteiger partial charge in [0.2, 0.25) is 0 Å². The van der Waals surface area contributed by atoms with E-state index in [1.165, 1.54) is 7.11 Å². The summed E-state index contributed by atoms with van der Waals surface area (Å²) in [6.45, 7) is 4.10. The van der Waals surface area contributed by atoms with E-state index in [9.17, 15) is 9.90 Å². The van der Waals surface area contributed by atoms with Crippen LogP contribution in [0.2, 0.25) is 0 Å². The Balaban J connectivity index is 2.33. The van der Waals surface area contributed by atoms with Crippen LogP contribution < -0.4 is 15.2 Å². The summed E-state index contributed by atoms with van der Waals surface area (Å²) >= 11 is 6.97. The molecule has 0 bridgehead atoms. The summed E-state index contributed by atoms with van der Waals surface area (Å²) in [6.07, 6.45) is -1.11. The van der Waals surface area contributed by atoms with E-state index in [0.29, 0.717) is 31.9 Å². The van der Waals surface area contributed by atoms with Gasteiger partial charge in [0.05, 0.1) is 28.9 Å². The van der Waals surface area contributed by atoms with Crippen molar-refractivity contribution in [2.24, 2.45) is 0 Å². The lowest BCUT2D eigenvalue weighted by molar-refractivity contribution is -0.150. The first-order valence-electron chi connectivity index (χ1n) is 8.57. The van der Waals surface area contributed by atoms with Gasteiger partial charge in [-0.05, 0) is 61.5 Å². The van der Waals surface area contributed by atoms with Crippen LogP contribution >= 0.6 is 31.9 Å². The van der Waals surface area contributed by atoms with Gasteiger partial charge in [0.15, 0.2) is 11.9 Å². The second kappa shape index (κ2) is 9.62. The number of carbonyl (C=O) groups is 1. The maximum atomic E-state index is 11.4. The summed E-state index contributed by atoms with van der Waals surface area (Å²) in [5.74, 6) is 1.30. The summed E-state index contributed by atoms with van der Waals surface area (Å²) in [5, 5.41) is 9.86. The number of hydrogen-bond acceptors (Lipinski definition) is 6. The molecular weight excluding hydrogens is 494 g/mol. The number of aliphatic hydroxyl groups is 1. The fraction of sp³-hybridized carbons (Fsp3) is 0.350. The van der Waals surface area contributed by atoms with Crippen molar-refractivity contribution >= 4 is 43.5 Å². The minimum atomic E-state index is -1.23. The Bertz CT molecular complexity index is 847. The molecule has 0 aromatic heterocycles. The van der Waals surface area contributed by atoms with Crippen molar-refractivity contribution in [3.63, 3.8) is 0 Å². The minimum Gasteiger partial charge on any atom is -0.494 e. The van der Waals surface area contributed by atoms with Crippen LogP contribution in [0.3, 0.4) is 0 Å². The fourth-order valence-electron chi connectivity index (χ4n) is 2.76. The van der Waals surface area contributed by atoms with E-state index in [0.717, 1.165) is 11.1 Å². The molecule has 152 valence electrons. The molecule has 2 aromatic rings. The van der Waals surface area contributed by atoms with Gasteiger partial charge in [-0.25, -0.2) is 4.79 Å². The molecule has 0 aliphatic rings. The first-order chi connectivity index (χ1) is 13.2. The fourth-order valence-corrected chi connectivity index (χ4v) is 4.20. The number of methoxy groups -OCH3 is 2. The third kappa shape index (κ3) is 5.18. The third-order valence-corrected chi connectivity index (χ3v) is 5.30. The van der Waals surface area contributed by atoms with E-state index in [1.807, 2.05) is 19.9 Å². The average molecular weight is 517 g/mol. The summed E-state index contributed by atoms with van der Waals surface area (Å²) < 4.78 is 17.3. The standard InChI is InChI=1S/C20H23Br2NO5/c1-10(2)13-8-12(9-16(23)18(13)26-3)28-19-14(21)5-11(6-15(19)22)7-17(24)20(25)27-4/h5-6,8-10,17,24H,7,23H2,1-4H3. The predicted molar refractivity (Wildman–Crippen MR) is 115 cm³/mol. The predicted octanol–water partition coefficient (Wildman–Crippen LogP) is 4.79. The van der Waals surface area contributed by atoms with Gasteiger partial charge < -0.3 is 25.1 Å². The number of aliphatic hydroxyl groups excluding tert-OH is 1. The zero-order valence-corrected chi connectivity index (χ0v) is 19.3. The summed E-state index contributed by atoms with van der Waals surface area (Å²) in [5.41, 5.74) is 8.30. The van der Waals surface area contributed by atoms with E-state index < -0.39 is 12.1 Å². The van der Waals surface area contributed by atoms with E-state index in [2.05, 4.69) is 36.6 Å². The molecule has 0 radical (unpaired) electrons. The number of nitrogens with two attached hydrogens (primary N) is 1. The van der Waals surface area contributed by atoms with E-state index in [1.54, 1.807) is 25.3 Å². The molecule has 0 aliphatic carbocycles. The van der Waals surface area contributed by atoms with Crippen molar-refractivity contribution in [1.29, 1.82) is 0 Å². The van der Waals surface area contributed by atoms with Gasteiger partial charge in [0.25, 0.3) is 0 Å². The highest BCUT2D eigenvalue weighted by molar-refractivity contribution is 9.11. The number of benzene rings is 2. The molecule has 0 heterocycles. The van der Waals surface area contributed by atoms with Crippen LogP contribution in [0.5, 0.6) is 17.2 Å². The number of hydrogen-bond donors (Lipinski definition) is 2. The smallest absolute Gasteiger partial charge is 0.335 e. The molecule has 0 saturated heterocycles. The zero-order valence-electron chi connectivity index (χ0n) is 16.1. The Morgan fingerprint density at radius 2 is 1.71 bits per heavy atom. The number of nitrogen functional groups attached to an aromatic ring is 1. The van der Waals surface area contributed by atoms with Crippen molar-refractivity contribution < 1.29 is 24.1 Å². The monoisotopic (exact) mass is 515 g/mol. The van der Waals surface area contributed by atoms with Crippen LogP contribution in [-0.4, -0.2) is 31.4 Å². The van der Waals surface area contributed by atoms with Gasteiger partial charge in [0, 0.05) is 18.1 Å². The second-order valence-corrected chi connectivity index (χ2v) is 8.23. The molecule has 8 heteroatoms. The van der Waals surface area contributed by atoms with Gasteiger partial charge in [-0.1, -0.05) is 13.8 Å². The van der Waals surface area contributed by atoms with E-state index >= 15 is 0 Å². The number of rotatable bonds is 7. The molecule has 2 rings (SSSR count). The molecule has 1 unspecified atom stereocenters. The van der Waals surface area contributed by atoms with Crippen LogP contribution in [0.1, 0.15) is 30.9 Å². The molecule has 0 aliphatic heterocycles. The first kappa shape index (κ1) is 22.5. The van der Waals surface area contributed by atoms with Crippen LogP contribution in [-0.2, 0) is 16.0 Å². The number of halogens is 2. The lowest BCUT2D eigenvalue weighted by Crippen LogP contribution is -2.24. The van der Waals surface area contributed by atoms with Gasteiger partial charge in [-0.3, -0.25) is 0 Å². The van der Waals surface area contributed by atoms with Crippen LogP contribution in [0, 0.1) is 0 Å². The maximum absolute atomic E-state index is 11.4. The van der Waals surface area contributed by atoms with Crippen molar-refractivity contribution in [3.05, 3.63) is 44.3 Å². The lowest BCUT2D eigenvalue weighted by atomic mass is 10.0. The van der Waals surface area contributed by atoms with Crippen molar-refractivity contribution in [1.82, 2.24) is 0 Å². The molecule has 0 spiro atoms. The highest BCUT2D eigenvalue weighted by Crippen LogP contribution is 2.41. The number of anilines is 1. The van der Waals surface area contributed by atoms with Gasteiger partial charge in [-0.15, -0.1) is 0 Å². The summed E-state index contributed by atoms with van der Waals surface area (Å²) in [4.78, 5) is 11.4. The quantitative estimate of drug-likeness (QED) is 0.406. The second-order valence-electron chi connectivity index (χ2n) is 6.52. The molecule has 0 saturated carbocycles. The number of ether oxygens (including phenoxy) is 3. The lowest BCUT2D eigenvalue weighted by Gasteiger charge is -2.18. The highest BCUT2D eigenvalue weighted by atomic mass is 79.9. The van der Waals surface area contributed by atoms with Crippen molar-refractivity contribution in [2.45, 2.75) is 32.3 Å². The Hall–Kier alpha value is -1.77. The Morgan fingerprint density at radius 1 is 1.11 bits per heavy atom. The van der Waals surface area contributed by atoms with Crippen LogP contribution in [0.4, 0.5) is 5.69 Å². The molecule has 6 nitrogen and oxygen atoms in total. The summed E-state index contributed by atoms with van der Waals surface area (Å²) in [6, 6.07) is 7.16. The Labute approximate surface area is 181 Å². The minimum absolute atomic E-state index is 0.122. The Morgan fingerprint density at radius 3 is 2.21 bits per heavy atom. The molecule has 28 heavy (non-hydrogen) atoms. The van der Waals surface area contributed by atoms with Crippen LogP contribution in [0.25, 0.3) is 0 Å². The van der Waals surface area contributed by atoms with Crippen LogP contribution in [0.15, 0.2) is 33.2 Å². The Kier molecular flexibility index (Phi) is 7.74. The number of carbonyl (C=O) groups excluding carboxylic acids is 1. The SMILES string of the molecule is COC(=O)C(O)Cc1cc(Br)c(Oc2cc(N)c(OC)c(C(C)C)c2)c(Br)c1. The topological polar surface area (TPSA) is 91.0 Å². The molecule has 3 N–H and O–H groups in total. The van der Waals surface area contributed by atoms with Crippen molar-refractivity contribution in [2.75, 3.05) is 20.0 Å². The number of esters is 1. The van der Waals surface area contributed by atoms with Gasteiger partial charge in [-0.2, -0.15) is 0 Å². The highest BCUT2D eigenvalue weighted by Gasteiger charge is 2.19. The molecule has 0 fully saturated rings. The van der Waals surface area contributed by atoms with E-state index in [-0.39, 0.29) is 12.3 Å². The first-order valence-corrected chi connectivity index (χ1v) is 10.2. The third-order valence-electron chi connectivity index (χ3n) is 4.13.